The number of carbonyl (C=O) groups is 1. The summed E-state index contributed by atoms with van der Waals surface area (Å²) in [5.74, 6) is -1.78. The van der Waals surface area contributed by atoms with E-state index in [9.17, 15) is 14.0 Å². The molecule has 5 nitrogen and oxygen atoms in total. The monoisotopic (exact) mass is 350 g/mol. The maximum atomic E-state index is 13.6. The Morgan fingerprint density at radius 2 is 2.05 bits per heavy atom. The van der Waals surface area contributed by atoms with Gasteiger partial charge in [0.25, 0.3) is 5.91 Å². The molecule has 7 heteroatoms. The van der Waals surface area contributed by atoms with E-state index in [2.05, 4.69) is 26.2 Å². The molecule has 3 aromatic rings. The Labute approximate surface area is 125 Å². The van der Waals surface area contributed by atoms with Crippen LogP contribution >= 0.6 is 15.9 Å². The number of aromatic amines is 1. The van der Waals surface area contributed by atoms with Gasteiger partial charge in [-0.3, -0.25) is 9.78 Å². The topological polar surface area (TPSA) is 75.1 Å². The molecule has 2 aromatic carbocycles. The van der Waals surface area contributed by atoms with Gasteiger partial charge in [-0.05, 0) is 36.4 Å². The van der Waals surface area contributed by atoms with Crippen LogP contribution in [0.5, 0.6) is 0 Å². The van der Waals surface area contributed by atoms with Gasteiger partial charge in [0.2, 0.25) is 0 Å². The molecule has 2 N–H and O–H groups in total. The van der Waals surface area contributed by atoms with Crippen molar-refractivity contribution in [1.29, 1.82) is 0 Å². The highest BCUT2D eigenvalue weighted by atomic mass is 79.9. The molecule has 0 aliphatic carbocycles. The SMILES string of the molecule is O=C(Nc1ccc2oc(=O)[nH]c2c1)c1cc(Br)ccc1F. The summed E-state index contributed by atoms with van der Waals surface area (Å²) in [4.78, 5) is 25.6. The number of hydrogen-bond donors (Lipinski definition) is 2. The second-order valence-electron chi connectivity index (χ2n) is 4.30. The molecule has 0 atom stereocenters. The number of oxazole rings is 1. The number of aromatic nitrogens is 1. The van der Waals surface area contributed by atoms with E-state index in [1.54, 1.807) is 12.1 Å². The van der Waals surface area contributed by atoms with Crippen LogP contribution < -0.4 is 11.1 Å². The third-order valence-electron chi connectivity index (χ3n) is 2.85. The van der Waals surface area contributed by atoms with E-state index in [0.717, 1.165) is 0 Å². The van der Waals surface area contributed by atoms with Crippen LogP contribution in [0.3, 0.4) is 0 Å². The highest BCUT2D eigenvalue weighted by Gasteiger charge is 2.13. The molecule has 0 radical (unpaired) electrons. The average molecular weight is 351 g/mol. The Bertz CT molecular complexity index is 901. The van der Waals surface area contributed by atoms with Crippen LogP contribution in [0.4, 0.5) is 10.1 Å². The van der Waals surface area contributed by atoms with E-state index < -0.39 is 17.5 Å². The lowest BCUT2D eigenvalue weighted by Gasteiger charge is -2.06. The molecule has 3 rings (SSSR count). The molecule has 0 saturated heterocycles. The summed E-state index contributed by atoms with van der Waals surface area (Å²) in [5.41, 5.74) is 1.17. The summed E-state index contributed by atoms with van der Waals surface area (Å²) in [6, 6.07) is 8.74. The first-order valence-electron chi connectivity index (χ1n) is 5.92. The molecule has 21 heavy (non-hydrogen) atoms. The number of carbonyl (C=O) groups excluding carboxylic acids is 1. The van der Waals surface area contributed by atoms with Crippen molar-refractivity contribution in [2.24, 2.45) is 0 Å². The number of rotatable bonds is 2. The Balaban J connectivity index is 1.92. The van der Waals surface area contributed by atoms with Crippen molar-refractivity contribution in [2.75, 3.05) is 5.32 Å². The quantitative estimate of drug-likeness (QED) is 0.744. The lowest BCUT2D eigenvalue weighted by atomic mass is 10.2. The van der Waals surface area contributed by atoms with Crippen molar-refractivity contribution in [3.8, 4) is 0 Å². The maximum absolute atomic E-state index is 13.6. The lowest BCUT2D eigenvalue weighted by molar-refractivity contribution is 0.102. The Hall–Kier alpha value is -2.41. The first-order chi connectivity index (χ1) is 10.0. The van der Waals surface area contributed by atoms with Crippen LogP contribution in [0.25, 0.3) is 11.1 Å². The molecular weight excluding hydrogens is 343 g/mol. The molecular formula is C14H8BrFN2O3. The average Bonchev–Trinajstić information content (AvgIpc) is 2.80. The fourth-order valence-electron chi connectivity index (χ4n) is 1.90. The highest BCUT2D eigenvalue weighted by Crippen LogP contribution is 2.19. The number of amides is 1. The summed E-state index contributed by atoms with van der Waals surface area (Å²) < 4.78 is 19.1. The van der Waals surface area contributed by atoms with Gasteiger partial charge in [-0.1, -0.05) is 15.9 Å². The predicted octanol–water partition coefficient (Wildman–Crippen LogP) is 3.28. The maximum Gasteiger partial charge on any atom is 0.417 e. The molecule has 0 bridgehead atoms. The standard InChI is InChI=1S/C14H8BrFN2O3/c15-7-1-3-10(16)9(5-7)13(19)17-8-2-4-12-11(6-8)18-14(20)21-12/h1-6H,(H,17,19)(H,18,20). The van der Waals surface area contributed by atoms with Crippen molar-refractivity contribution in [3.63, 3.8) is 0 Å². The minimum absolute atomic E-state index is 0.0786. The molecule has 0 fully saturated rings. The fourth-order valence-corrected chi connectivity index (χ4v) is 2.26. The van der Waals surface area contributed by atoms with Crippen LogP contribution in [0, 0.1) is 5.82 Å². The Morgan fingerprint density at radius 1 is 1.24 bits per heavy atom. The number of nitrogens with one attached hydrogen (secondary N) is 2. The highest BCUT2D eigenvalue weighted by molar-refractivity contribution is 9.10. The Morgan fingerprint density at radius 3 is 2.86 bits per heavy atom. The van der Waals surface area contributed by atoms with Crippen LogP contribution in [0.1, 0.15) is 10.4 Å². The van der Waals surface area contributed by atoms with E-state index in [0.29, 0.717) is 21.3 Å². The van der Waals surface area contributed by atoms with Crippen LogP contribution in [-0.2, 0) is 0 Å². The van der Waals surface area contributed by atoms with Gasteiger partial charge in [-0.15, -0.1) is 0 Å². The van der Waals surface area contributed by atoms with E-state index in [4.69, 9.17) is 4.42 Å². The van der Waals surface area contributed by atoms with Crippen molar-refractivity contribution >= 4 is 38.6 Å². The molecule has 0 aliphatic heterocycles. The third-order valence-corrected chi connectivity index (χ3v) is 3.34. The van der Waals surface area contributed by atoms with Crippen molar-refractivity contribution in [3.05, 3.63) is 62.8 Å². The van der Waals surface area contributed by atoms with Crippen LogP contribution in [-0.4, -0.2) is 10.9 Å². The second-order valence-corrected chi connectivity index (χ2v) is 5.22. The smallest absolute Gasteiger partial charge is 0.408 e. The molecule has 1 heterocycles. The van der Waals surface area contributed by atoms with Crippen molar-refractivity contribution < 1.29 is 13.6 Å². The summed E-state index contributed by atoms with van der Waals surface area (Å²) in [6.45, 7) is 0. The number of benzene rings is 2. The molecule has 1 amide bonds. The summed E-state index contributed by atoms with van der Waals surface area (Å²) in [6.07, 6.45) is 0. The zero-order valence-electron chi connectivity index (χ0n) is 10.4. The summed E-state index contributed by atoms with van der Waals surface area (Å²) >= 11 is 3.19. The van der Waals surface area contributed by atoms with Gasteiger partial charge in [0, 0.05) is 10.2 Å². The molecule has 0 saturated carbocycles. The van der Waals surface area contributed by atoms with Crippen molar-refractivity contribution in [2.45, 2.75) is 0 Å². The third kappa shape index (κ3) is 2.73. The van der Waals surface area contributed by atoms with Crippen molar-refractivity contribution in [1.82, 2.24) is 4.98 Å². The Kier molecular flexibility index (Phi) is 3.34. The first-order valence-corrected chi connectivity index (χ1v) is 6.71. The summed E-state index contributed by atoms with van der Waals surface area (Å²) in [7, 11) is 0. The lowest BCUT2D eigenvalue weighted by Crippen LogP contribution is -2.13. The van der Waals surface area contributed by atoms with Gasteiger partial charge in [0.15, 0.2) is 5.58 Å². The number of hydrogen-bond acceptors (Lipinski definition) is 3. The number of halogens is 2. The van der Waals surface area contributed by atoms with E-state index in [-0.39, 0.29) is 5.56 Å². The molecule has 1 aromatic heterocycles. The van der Waals surface area contributed by atoms with E-state index >= 15 is 0 Å². The number of anilines is 1. The van der Waals surface area contributed by atoms with Crippen LogP contribution in [0.15, 0.2) is 50.1 Å². The molecule has 0 spiro atoms. The van der Waals surface area contributed by atoms with Gasteiger partial charge in [0.1, 0.15) is 5.82 Å². The first kappa shape index (κ1) is 13.6. The molecule has 0 aliphatic rings. The van der Waals surface area contributed by atoms with Crippen LogP contribution in [0.2, 0.25) is 0 Å². The zero-order valence-corrected chi connectivity index (χ0v) is 12.0. The number of fused-ring (bicyclic) bond motifs is 1. The summed E-state index contributed by atoms with van der Waals surface area (Å²) in [5, 5.41) is 2.56. The zero-order chi connectivity index (χ0) is 15.0. The molecule has 0 unspecified atom stereocenters. The second kappa shape index (κ2) is 5.17. The van der Waals surface area contributed by atoms with Gasteiger partial charge in [-0.2, -0.15) is 0 Å². The minimum Gasteiger partial charge on any atom is -0.408 e. The number of H-pyrrole nitrogens is 1. The van der Waals surface area contributed by atoms with E-state index in [1.807, 2.05) is 0 Å². The normalized spacial score (nSPS) is 10.8. The van der Waals surface area contributed by atoms with E-state index in [1.165, 1.54) is 24.3 Å². The van der Waals surface area contributed by atoms with Gasteiger partial charge < -0.3 is 9.73 Å². The minimum atomic E-state index is -0.617. The van der Waals surface area contributed by atoms with Gasteiger partial charge >= 0.3 is 5.76 Å². The molecule has 106 valence electrons. The van der Waals surface area contributed by atoms with Gasteiger partial charge in [-0.25, -0.2) is 9.18 Å². The van der Waals surface area contributed by atoms with Gasteiger partial charge in [0.05, 0.1) is 11.1 Å². The largest absolute Gasteiger partial charge is 0.417 e. The predicted molar refractivity (Wildman–Crippen MR) is 78.9 cm³/mol. The fraction of sp³-hybridized carbons (Fsp3) is 0.